The molecule has 0 saturated carbocycles. The maximum absolute atomic E-state index is 11.8. The highest BCUT2D eigenvalue weighted by Gasteiger charge is 2.35. The van der Waals surface area contributed by atoms with Gasteiger partial charge in [0, 0.05) is 19.5 Å². The number of nitrogens with zero attached hydrogens (tertiary/aromatic N) is 1. The number of carbonyl (C=O) groups is 1. The van der Waals surface area contributed by atoms with Gasteiger partial charge in [-0.1, -0.05) is 12.1 Å². The third-order valence-corrected chi connectivity index (χ3v) is 4.77. The smallest absolute Gasteiger partial charge is 0.224 e. The summed E-state index contributed by atoms with van der Waals surface area (Å²) >= 11 is 0. The van der Waals surface area contributed by atoms with E-state index in [-0.39, 0.29) is 18.9 Å². The highest BCUT2D eigenvalue weighted by atomic mass is 32.2. The fourth-order valence-electron chi connectivity index (χ4n) is 2.39. The van der Waals surface area contributed by atoms with Gasteiger partial charge in [-0.3, -0.25) is 4.79 Å². The van der Waals surface area contributed by atoms with Crippen molar-refractivity contribution in [3.63, 3.8) is 0 Å². The predicted octanol–water partition coefficient (Wildman–Crippen LogP) is 0.517. The minimum Gasteiger partial charge on any atom is -0.494 e. The van der Waals surface area contributed by atoms with Gasteiger partial charge < -0.3 is 9.64 Å². The van der Waals surface area contributed by atoms with Gasteiger partial charge in [-0.05, 0) is 31.0 Å². The molecule has 21 heavy (non-hydrogen) atoms. The van der Waals surface area contributed by atoms with Crippen LogP contribution in [0.15, 0.2) is 24.3 Å². The molecule has 0 spiro atoms. The number of carbonyl (C=O) groups excluding carboxylic acids is 1. The Morgan fingerprint density at radius 2 is 2.19 bits per heavy atom. The monoisotopic (exact) mass is 312 g/mol. The van der Waals surface area contributed by atoms with Crippen LogP contribution in [0.2, 0.25) is 0 Å². The Hall–Kier alpha value is -1.60. The summed E-state index contributed by atoms with van der Waals surface area (Å²) in [7, 11) is -3.65. The molecule has 1 fully saturated rings. The van der Waals surface area contributed by atoms with Crippen LogP contribution in [0.1, 0.15) is 18.9 Å². The number of likely N-dealkylation sites (tertiary alicyclic amines) is 1. The first-order valence-corrected chi connectivity index (χ1v) is 8.52. The molecule has 1 aromatic carbocycles. The summed E-state index contributed by atoms with van der Waals surface area (Å²) in [4.78, 5) is 13.4. The van der Waals surface area contributed by atoms with Gasteiger partial charge in [0.05, 0.1) is 6.61 Å². The highest BCUT2D eigenvalue weighted by molar-refractivity contribution is 7.89. The van der Waals surface area contributed by atoms with Crippen LogP contribution in [0.5, 0.6) is 5.75 Å². The SMILES string of the molecule is CCOc1cccc(CCN2CC(S(N)(=O)=O)CC2=O)c1. The normalized spacial score (nSPS) is 19.0. The minimum atomic E-state index is -3.65. The second-order valence-electron chi connectivity index (χ2n) is 5.09. The van der Waals surface area contributed by atoms with Crippen molar-refractivity contribution in [1.29, 1.82) is 0 Å². The lowest BCUT2D eigenvalue weighted by Gasteiger charge is -2.16. The van der Waals surface area contributed by atoms with Crippen LogP contribution < -0.4 is 9.88 Å². The van der Waals surface area contributed by atoms with Crippen LogP contribution >= 0.6 is 0 Å². The zero-order valence-corrected chi connectivity index (χ0v) is 12.8. The maximum Gasteiger partial charge on any atom is 0.224 e. The Morgan fingerprint density at radius 1 is 1.43 bits per heavy atom. The number of ether oxygens (including phenoxy) is 1. The van der Waals surface area contributed by atoms with Gasteiger partial charge >= 0.3 is 0 Å². The molecule has 7 heteroatoms. The van der Waals surface area contributed by atoms with E-state index < -0.39 is 15.3 Å². The molecule has 0 bridgehead atoms. The average molecular weight is 312 g/mol. The van der Waals surface area contributed by atoms with Crippen LogP contribution in [-0.4, -0.2) is 44.2 Å². The van der Waals surface area contributed by atoms with Crippen molar-refractivity contribution >= 4 is 15.9 Å². The molecule has 1 atom stereocenters. The van der Waals surface area contributed by atoms with E-state index in [2.05, 4.69) is 0 Å². The lowest BCUT2D eigenvalue weighted by atomic mass is 10.1. The van der Waals surface area contributed by atoms with E-state index in [4.69, 9.17) is 9.88 Å². The van der Waals surface area contributed by atoms with Crippen molar-refractivity contribution in [1.82, 2.24) is 4.90 Å². The molecule has 1 aromatic rings. The molecule has 116 valence electrons. The number of hydrogen-bond acceptors (Lipinski definition) is 4. The summed E-state index contributed by atoms with van der Waals surface area (Å²) in [6.45, 7) is 3.19. The van der Waals surface area contributed by atoms with E-state index in [9.17, 15) is 13.2 Å². The number of amides is 1. The molecule has 1 aliphatic heterocycles. The molecule has 0 aromatic heterocycles. The molecule has 1 aliphatic rings. The van der Waals surface area contributed by atoms with Crippen LogP contribution in [0.25, 0.3) is 0 Å². The van der Waals surface area contributed by atoms with E-state index in [1.165, 1.54) is 0 Å². The van der Waals surface area contributed by atoms with Crippen molar-refractivity contribution in [3.05, 3.63) is 29.8 Å². The molecule has 2 N–H and O–H groups in total. The Balaban J connectivity index is 1.94. The Kier molecular flexibility index (Phi) is 4.84. The topological polar surface area (TPSA) is 89.7 Å². The van der Waals surface area contributed by atoms with Crippen LogP contribution in [0, 0.1) is 0 Å². The van der Waals surface area contributed by atoms with Crippen LogP contribution in [-0.2, 0) is 21.2 Å². The van der Waals surface area contributed by atoms with Gasteiger partial charge in [0.1, 0.15) is 11.0 Å². The molecule has 0 radical (unpaired) electrons. The molecular formula is C14H20N2O4S. The summed E-state index contributed by atoms with van der Waals surface area (Å²) in [5.41, 5.74) is 1.05. The molecule has 1 saturated heterocycles. The summed E-state index contributed by atoms with van der Waals surface area (Å²) in [5.74, 6) is 0.639. The van der Waals surface area contributed by atoms with Gasteiger partial charge in [0.15, 0.2) is 0 Å². The van der Waals surface area contributed by atoms with Crippen molar-refractivity contribution in [3.8, 4) is 5.75 Å². The van der Waals surface area contributed by atoms with Gasteiger partial charge in [-0.2, -0.15) is 0 Å². The molecule has 6 nitrogen and oxygen atoms in total. The first-order valence-electron chi connectivity index (χ1n) is 6.91. The third kappa shape index (κ3) is 4.18. The molecule has 2 rings (SSSR count). The van der Waals surface area contributed by atoms with Gasteiger partial charge in [-0.15, -0.1) is 0 Å². The zero-order chi connectivity index (χ0) is 15.5. The van der Waals surface area contributed by atoms with E-state index in [1.807, 2.05) is 31.2 Å². The Bertz CT molecular complexity index is 615. The van der Waals surface area contributed by atoms with Crippen molar-refractivity contribution in [2.24, 2.45) is 5.14 Å². The van der Waals surface area contributed by atoms with Gasteiger partial charge in [0.25, 0.3) is 0 Å². The van der Waals surface area contributed by atoms with Gasteiger partial charge in [-0.25, -0.2) is 13.6 Å². The van der Waals surface area contributed by atoms with Gasteiger partial charge in [0.2, 0.25) is 15.9 Å². The molecule has 1 heterocycles. The fraction of sp³-hybridized carbons (Fsp3) is 0.500. The largest absolute Gasteiger partial charge is 0.494 e. The maximum atomic E-state index is 11.8. The Morgan fingerprint density at radius 3 is 2.81 bits per heavy atom. The summed E-state index contributed by atoms with van der Waals surface area (Å²) in [6, 6.07) is 7.67. The third-order valence-electron chi connectivity index (χ3n) is 3.52. The lowest BCUT2D eigenvalue weighted by Crippen LogP contribution is -2.33. The van der Waals surface area contributed by atoms with E-state index in [1.54, 1.807) is 4.90 Å². The number of nitrogens with two attached hydrogens (primary N) is 1. The van der Waals surface area contributed by atoms with E-state index >= 15 is 0 Å². The first kappa shape index (κ1) is 15.8. The summed E-state index contributed by atoms with van der Waals surface area (Å²) in [6.07, 6.45) is 0.641. The molecule has 0 aliphatic carbocycles. The number of rotatable bonds is 6. The first-order chi connectivity index (χ1) is 9.90. The van der Waals surface area contributed by atoms with E-state index in [0.717, 1.165) is 11.3 Å². The summed E-state index contributed by atoms with van der Waals surface area (Å²) < 4.78 is 28.0. The van der Waals surface area contributed by atoms with Crippen LogP contribution in [0.4, 0.5) is 0 Å². The van der Waals surface area contributed by atoms with Crippen LogP contribution in [0.3, 0.4) is 0 Å². The second kappa shape index (κ2) is 6.44. The standard InChI is InChI=1S/C14H20N2O4S/c1-2-20-12-5-3-4-11(8-12)6-7-16-10-13(9-14(16)17)21(15,18)19/h3-5,8,13H,2,6-7,9-10H2,1H3,(H2,15,18,19). The van der Waals surface area contributed by atoms with Crippen molar-refractivity contribution in [2.75, 3.05) is 19.7 Å². The quantitative estimate of drug-likeness (QED) is 0.829. The lowest BCUT2D eigenvalue weighted by molar-refractivity contribution is -0.127. The Labute approximate surface area is 124 Å². The number of benzene rings is 1. The zero-order valence-electron chi connectivity index (χ0n) is 12.0. The van der Waals surface area contributed by atoms with Crippen molar-refractivity contribution in [2.45, 2.75) is 25.0 Å². The highest BCUT2D eigenvalue weighted by Crippen LogP contribution is 2.18. The van der Waals surface area contributed by atoms with E-state index in [0.29, 0.717) is 19.6 Å². The van der Waals surface area contributed by atoms with Crippen molar-refractivity contribution < 1.29 is 17.9 Å². The average Bonchev–Trinajstić information content (AvgIpc) is 2.79. The minimum absolute atomic E-state index is 0.0161. The fourth-order valence-corrected chi connectivity index (χ4v) is 3.16. The second-order valence-corrected chi connectivity index (χ2v) is 6.93. The summed E-state index contributed by atoms with van der Waals surface area (Å²) in [5, 5.41) is 4.32. The number of hydrogen-bond donors (Lipinski definition) is 1. The molecule has 1 unspecified atom stereocenters. The molecule has 1 amide bonds. The number of sulfonamides is 1. The predicted molar refractivity (Wildman–Crippen MR) is 79.4 cm³/mol. The molecular weight excluding hydrogens is 292 g/mol. The number of primary sulfonamides is 1.